The van der Waals surface area contributed by atoms with E-state index in [1.807, 2.05) is 13.0 Å². The van der Waals surface area contributed by atoms with Crippen molar-refractivity contribution in [3.8, 4) is 17.2 Å². The number of esters is 1. The van der Waals surface area contributed by atoms with Crippen LogP contribution in [0.2, 0.25) is 0 Å². The van der Waals surface area contributed by atoms with Gasteiger partial charge in [-0.2, -0.15) is 8.42 Å². The van der Waals surface area contributed by atoms with Crippen molar-refractivity contribution in [2.24, 2.45) is 0 Å². The van der Waals surface area contributed by atoms with Crippen molar-refractivity contribution in [2.75, 3.05) is 32.0 Å². The van der Waals surface area contributed by atoms with E-state index in [1.165, 1.54) is 50.6 Å². The van der Waals surface area contributed by atoms with E-state index in [2.05, 4.69) is 10.6 Å². The molecule has 0 heterocycles. The summed E-state index contributed by atoms with van der Waals surface area (Å²) >= 11 is 0. The van der Waals surface area contributed by atoms with Gasteiger partial charge in [0.05, 0.1) is 21.3 Å². The fourth-order valence-corrected chi connectivity index (χ4v) is 4.06. The number of aryl methyl sites for hydroxylation is 1. The standard InChI is InChI=1S/C24H24N2O8S/c1-15-6-5-7-16(12-15)25-24(28)26-17-8-10-19(23(27)33-4)21(13-17)34-35(29,30)18-9-11-20(31-2)22(14-18)32-3/h5-14H,1-4H3,(H2,25,26,28). The molecule has 0 aliphatic heterocycles. The zero-order chi connectivity index (χ0) is 25.6. The first-order valence-electron chi connectivity index (χ1n) is 10.2. The molecule has 0 aliphatic carbocycles. The number of hydrogen-bond donors (Lipinski definition) is 2. The van der Waals surface area contributed by atoms with Crippen LogP contribution in [0.1, 0.15) is 15.9 Å². The Hall–Kier alpha value is -4.25. The molecular weight excluding hydrogens is 476 g/mol. The van der Waals surface area contributed by atoms with Gasteiger partial charge in [-0.15, -0.1) is 0 Å². The fourth-order valence-electron chi connectivity index (χ4n) is 3.10. The largest absolute Gasteiger partial charge is 0.493 e. The van der Waals surface area contributed by atoms with Crippen LogP contribution in [0.5, 0.6) is 17.2 Å². The Balaban J connectivity index is 1.90. The number of ether oxygens (including phenoxy) is 3. The van der Waals surface area contributed by atoms with Gasteiger partial charge in [-0.3, -0.25) is 0 Å². The second-order valence-corrected chi connectivity index (χ2v) is 8.75. The molecule has 0 saturated carbocycles. The van der Waals surface area contributed by atoms with Gasteiger partial charge in [0.15, 0.2) is 17.2 Å². The van der Waals surface area contributed by atoms with Gasteiger partial charge < -0.3 is 29.0 Å². The molecule has 0 saturated heterocycles. The molecular formula is C24H24N2O8S. The molecule has 10 nitrogen and oxygen atoms in total. The molecule has 11 heteroatoms. The molecule has 35 heavy (non-hydrogen) atoms. The van der Waals surface area contributed by atoms with Crippen molar-refractivity contribution in [3.63, 3.8) is 0 Å². The van der Waals surface area contributed by atoms with Gasteiger partial charge in [0.1, 0.15) is 10.5 Å². The van der Waals surface area contributed by atoms with Gasteiger partial charge >= 0.3 is 22.1 Å². The van der Waals surface area contributed by atoms with Crippen LogP contribution in [0.3, 0.4) is 0 Å². The summed E-state index contributed by atoms with van der Waals surface area (Å²) in [5, 5.41) is 5.25. The number of benzene rings is 3. The minimum absolute atomic E-state index is 0.152. The third-order valence-electron chi connectivity index (χ3n) is 4.76. The number of anilines is 2. The molecule has 3 aromatic carbocycles. The van der Waals surface area contributed by atoms with Gasteiger partial charge in [0.25, 0.3) is 0 Å². The van der Waals surface area contributed by atoms with Crippen LogP contribution < -0.4 is 24.3 Å². The second-order valence-electron chi connectivity index (χ2n) is 7.21. The lowest BCUT2D eigenvalue weighted by Gasteiger charge is -2.14. The third kappa shape index (κ3) is 6.21. The highest BCUT2D eigenvalue weighted by Gasteiger charge is 2.24. The summed E-state index contributed by atoms with van der Waals surface area (Å²) in [7, 11) is -0.478. The molecule has 0 fully saturated rings. The predicted octanol–water partition coefficient (Wildman–Crippen LogP) is 4.21. The van der Waals surface area contributed by atoms with Crippen LogP contribution in [0.15, 0.2) is 65.6 Å². The average Bonchev–Trinajstić information content (AvgIpc) is 2.83. The van der Waals surface area contributed by atoms with E-state index in [4.69, 9.17) is 18.4 Å². The van der Waals surface area contributed by atoms with E-state index in [9.17, 15) is 18.0 Å². The molecule has 0 bridgehead atoms. The average molecular weight is 501 g/mol. The van der Waals surface area contributed by atoms with Gasteiger partial charge in [-0.05, 0) is 48.9 Å². The number of carbonyl (C=O) groups is 2. The number of nitrogens with one attached hydrogen (secondary N) is 2. The molecule has 0 radical (unpaired) electrons. The Morgan fingerprint density at radius 3 is 2.09 bits per heavy atom. The van der Waals surface area contributed by atoms with Crippen molar-refractivity contribution in [1.29, 1.82) is 0 Å². The van der Waals surface area contributed by atoms with Crippen LogP contribution in [0, 0.1) is 6.92 Å². The number of methoxy groups -OCH3 is 3. The van der Waals surface area contributed by atoms with E-state index < -0.39 is 22.1 Å². The maximum absolute atomic E-state index is 13.0. The lowest BCUT2D eigenvalue weighted by atomic mass is 10.2. The summed E-state index contributed by atoms with van der Waals surface area (Å²) in [6, 6.07) is 14.4. The van der Waals surface area contributed by atoms with Gasteiger partial charge in [-0.1, -0.05) is 12.1 Å². The monoisotopic (exact) mass is 500 g/mol. The maximum Gasteiger partial charge on any atom is 0.341 e. The zero-order valence-electron chi connectivity index (χ0n) is 19.4. The first kappa shape index (κ1) is 25.4. The molecule has 0 atom stereocenters. The molecule has 0 aliphatic rings. The molecule has 3 aromatic rings. The van der Waals surface area contributed by atoms with Crippen LogP contribution in [0.4, 0.5) is 16.2 Å². The highest BCUT2D eigenvalue weighted by Crippen LogP contribution is 2.32. The first-order chi connectivity index (χ1) is 16.7. The van der Waals surface area contributed by atoms with Crippen LogP contribution >= 0.6 is 0 Å². The predicted molar refractivity (Wildman–Crippen MR) is 129 cm³/mol. The number of hydrogen-bond acceptors (Lipinski definition) is 8. The molecule has 3 rings (SSSR count). The fraction of sp³-hybridized carbons (Fsp3) is 0.167. The van der Waals surface area contributed by atoms with Crippen molar-refractivity contribution in [3.05, 3.63) is 71.8 Å². The Labute approximate surface area is 202 Å². The summed E-state index contributed by atoms with van der Waals surface area (Å²) in [5.41, 5.74) is 1.56. The summed E-state index contributed by atoms with van der Waals surface area (Å²) in [6.45, 7) is 1.89. The number of amides is 2. The second kappa shape index (κ2) is 10.8. The molecule has 0 spiro atoms. The van der Waals surface area contributed by atoms with Crippen molar-refractivity contribution >= 4 is 33.5 Å². The van der Waals surface area contributed by atoms with E-state index >= 15 is 0 Å². The molecule has 2 amide bonds. The third-order valence-corrected chi connectivity index (χ3v) is 5.99. The van der Waals surface area contributed by atoms with E-state index in [0.29, 0.717) is 11.4 Å². The summed E-state index contributed by atoms with van der Waals surface area (Å²) in [5.74, 6) is -0.653. The highest BCUT2D eigenvalue weighted by molar-refractivity contribution is 7.87. The summed E-state index contributed by atoms with van der Waals surface area (Å²) < 4.78 is 46.2. The lowest BCUT2D eigenvalue weighted by Crippen LogP contribution is -2.20. The van der Waals surface area contributed by atoms with Crippen LogP contribution in [-0.2, 0) is 14.9 Å². The van der Waals surface area contributed by atoms with Crippen molar-refractivity contribution in [1.82, 2.24) is 0 Å². The molecule has 0 aromatic heterocycles. The number of urea groups is 1. The highest BCUT2D eigenvalue weighted by atomic mass is 32.2. The lowest BCUT2D eigenvalue weighted by molar-refractivity contribution is 0.0599. The normalized spacial score (nSPS) is 10.7. The van der Waals surface area contributed by atoms with Crippen LogP contribution in [-0.4, -0.2) is 41.7 Å². The number of carbonyl (C=O) groups excluding carboxylic acids is 2. The topological polar surface area (TPSA) is 129 Å². The number of rotatable bonds is 8. The SMILES string of the molecule is COC(=O)c1ccc(NC(=O)Nc2cccc(C)c2)cc1OS(=O)(=O)c1ccc(OC)c(OC)c1. The molecule has 2 N–H and O–H groups in total. The summed E-state index contributed by atoms with van der Waals surface area (Å²) in [6.07, 6.45) is 0. The van der Waals surface area contributed by atoms with Gasteiger partial charge in [0, 0.05) is 23.5 Å². The van der Waals surface area contributed by atoms with Gasteiger partial charge in [0.2, 0.25) is 0 Å². The molecule has 184 valence electrons. The molecule has 0 unspecified atom stereocenters. The van der Waals surface area contributed by atoms with Crippen molar-refractivity contribution in [2.45, 2.75) is 11.8 Å². The minimum Gasteiger partial charge on any atom is -0.493 e. The quantitative estimate of drug-likeness (QED) is 0.348. The minimum atomic E-state index is -4.41. The first-order valence-corrected chi connectivity index (χ1v) is 11.6. The Morgan fingerprint density at radius 2 is 1.46 bits per heavy atom. The summed E-state index contributed by atoms with van der Waals surface area (Å²) in [4.78, 5) is 24.4. The zero-order valence-corrected chi connectivity index (χ0v) is 20.3. The van der Waals surface area contributed by atoms with E-state index in [-0.39, 0.29) is 27.6 Å². The van der Waals surface area contributed by atoms with E-state index in [0.717, 1.165) is 12.7 Å². The van der Waals surface area contributed by atoms with Crippen LogP contribution in [0.25, 0.3) is 0 Å². The Bertz CT molecular complexity index is 1360. The van der Waals surface area contributed by atoms with E-state index in [1.54, 1.807) is 18.2 Å². The smallest absolute Gasteiger partial charge is 0.341 e. The Kier molecular flexibility index (Phi) is 7.82. The van der Waals surface area contributed by atoms with Gasteiger partial charge in [-0.25, -0.2) is 9.59 Å². The Morgan fingerprint density at radius 1 is 0.771 bits per heavy atom. The maximum atomic E-state index is 13.0. The van der Waals surface area contributed by atoms with Crippen molar-refractivity contribution < 1.29 is 36.4 Å².